The van der Waals surface area contributed by atoms with Crippen LogP contribution in [0.3, 0.4) is 0 Å². The molecule has 110 valence electrons. The zero-order valence-electron chi connectivity index (χ0n) is 11.2. The van der Waals surface area contributed by atoms with E-state index in [1.165, 1.54) is 0 Å². The van der Waals surface area contributed by atoms with Gasteiger partial charge in [-0.1, -0.05) is 5.92 Å². The molecule has 4 N–H and O–H groups in total. The molecule has 0 saturated heterocycles. The van der Waals surface area contributed by atoms with Crippen molar-refractivity contribution in [1.29, 1.82) is 0 Å². The zero-order valence-corrected chi connectivity index (χ0v) is 12.0. The van der Waals surface area contributed by atoms with Crippen molar-refractivity contribution in [1.82, 2.24) is 14.5 Å². The summed E-state index contributed by atoms with van der Waals surface area (Å²) in [5.74, 6) is 2.86. The molecule has 21 heavy (non-hydrogen) atoms. The smallest absolute Gasteiger partial charge is 0.226 e. The molecule has 0 aliphatic heterocycles. The first-order valence-corrected chi connectivity index (χ1v) is 6.95. The van der Waals surface area contributed by atoms with Gasteiger partial charge in [0.2, 0.25) is 5.28 Å². The molecule has 0 radical (unpaired) electrons. The molecule has 0 bridgehead atoms. The molecule has 0 aromatic carbocycles. The maximum atomic E-state index is 10.2. The monoisotopic (exact) mass is 306 g/mol. The van der Waals surface area contributed by atoms with Crippen LogP contribution in [0, 0.1) is 17.8 Å². The molecule has 3 rings (SSSR count). The molecule has 6 nitrogen and oxygen atoms in total. The van der Waals surface area contributed by atoms with Crippen molar-refractivity contribution in [2.75, 3.05) is 12.3 Å². The number of rotatable bonds is 2. The Labute approximate surface area is 126 Å². The molecule has 1 saturated carbocycles. The fourth-order valence-corrected chi connectivity index (χ4v) is 3.20. The van der Waals surface area contributed by atoms with E-state index in [0.29, 0.717) is 29.7 Å². The first-order valence-electron chi connectivity index (χ1n) is 6.57. The molecule has 1 aliphatic rings. The van der Waals surface area contributed by atoms with Crippen LogP contribution in [0.25, 0.3) is 11.0 Å². The third-order valence-electron chi connectivity index (χ3n) is 4.27. The Balaban J connectivity index is 2.05. The Bertz CT molecular complexity index is 738. The summed E-state index contributed by atoms with van der Waals surface area (Å²) in [6.07, 6.45) is 7.47. The second kappa shape index (κ2) is 4.88. The summed E-state index contributed by atoms with van der Waals surface area (Å²) >= 11 is 5.86. The van der Waals surface area contributed by atoms with Gasteiger partial charge in [0, 0.05) is 12.2 Å². The molecule has 7 heteroatoms. The summed E-state index contributed by atoms with van der Waals surface area (Å²) in [4.78, 5) is 8.12. The van der Waals surface area contributed by atoms with Crippen molar-refractivity contribution in [3.8, 4) is 12.3 Å². The number of nitrogens with zero attached hydrogens (tertiary/aromatic N) is 3. The molecule has 2 heterocycles. The van der Waals surface area contributed by atoms with Crippen molar-refractivity contribution >= 4 is 28.5 Å². The highest BCUT2D eigenvalue weighted by Crippen LogP contribution is 2.45. The first kappa shape index (κ1) is 14.1. The second-order valence-electron chi connectivity index (χ2n) is 5.41. The largest absolute Gasteiger partial charge is 0.395 e. The lowest BCUT2D eigenvalue weighted by Gasteiger charge is -2.23. The fourth-order valence-electron chi connectivity index (χ4n) is 3.03. The van der Waals surface area contributed by atoms with Crippen molar-refractivity contribution in [2.24, 2.45) is 5.41 Å². The lowest BCUT2D eigenvalue weighted by Crippen LogP contribution is -2.31. The van der Waals surface area contributed by atoms with E-state index < -0.39 is 11.5 Å². The van der Waals surface area contributed by atoms with E-state index in [4.69, 9.17) is 23.8 Å². The fraction of sp³-hybridized carbons (Fsp3) is 0.429. The van der Waals surface area contributed by atoms with Gasteiger partial charge in [-0.2, -0.15) is 4.98 Å². The Kier molecular flexibility index (Phi) is 3.29. The van der Waals surface area contributed by atoms with Crippen molar-refractivity contribution < 1.29 is 10.2 Å². The van der Waals surface area contributed by atoms with Gasteiger partial charge in [0.15, 0.2) is 0 Å². The summed E-state index contributed by atoms with van der Waals surface area (Å²) < 4.78 is 1.89. The van der Waals surface area contributed by atoms with E-state index >= 15 is 0 Å². The van der Waals surface area contributed by atoms with Crippen LogP contribution in [0.2, 0.25) is 5.28 Å². The minimum atomic E-state index is -0.913. The molecule has 0 spiro atoms. The summed E-state index contributed by atoms with van der Waals surface area (Å²) in [6, 6.07) is 1.73. The summed E-state index contributed by atoms with van der Waals surface area (Å²) in [5.41, 5.74) is 5.53. The van der Waals surface area contributed by atoms with Gasteiger partial charge in [-0.25, -0.2) is 4.98 Å². The van der Waals surface area contributed by atoms with E-state index in [1.54, 1.807) is 0 Å². The number of hydrogen-bond donors (Lipinski definition) is 3. The highest BCUT2D eigenvalue weighted by molar-refractivity contribution is 6.28. The Morgan fingerprint density at radius 3 is 2.95 bits per heavy atom. The Morgan fingerprint density at radius 1 is 1.57 bits per heavy atom. The lowest BCUT2D eigenvalue weighted by molar-refractivity contribution is 0.0475. The van der Waals surface area contributed by atoms with Gasteiger partial charge in [0.1, 0.15) is 11.5 Å². The van der Waals surface area contributed by atoms with E-state index in [0.717, 1.165) is 0 Å². The van der Waals surface area contributed by atoms with E-state index in [-0.39, 0.29) is 17.9 Å². The van der Waals surface area contributed by atoms with E-state index in [2.05, 4.69) is 15.9 Å². The minimum absolute atomic E-state index is 0.0730. The predicted octanol–water partition coefficient (Wildman–Crippen LogP) is 0.975. The summed E-state index contributed by atoms with van der Waals surface area (Å²) in [7, 11) is 0. The van der Waals surface area contributed by atoms with Crippen LogP contribution in [0.1, 0.15) is 18.9 Å². The number of fused-ring (bicyclic) bond motifs is 1. The molecular formula is C14H15ClN4O2. The molecule has 2 aromatic heterocycles. The van der Waals surface area contributed by atoms with Gasteiger partial charge >= 0.3 is 0 Å². The molecule has 1 aliphatic carbocycles. The number of anilines is 1. The average Bonchev–Trinajstić information content (AvgIpc) is 3.00. The van der Waals surface area contributed by atoms with Crippen molar-refractivity contribution in [3.05, 3.63) is 17.5 Å². The van der Waals surface area contributed by atoms with Gasteiger partial charge in [0.25, 0.3) is 0 Å². The molecule has 1 fully saturated rings. The number of aliphatic hydroxyl groups is 2. The van der Waals surface area contributed by atoms with Crippen LogP contribution < -0.4 is 5.73 Å². The second-order valence-corrected chi connectivity index (χ2v) is 5.74. The van der Waals surface area contributed by atoms with E-state index in [1.807, 2.05) is 16.8 Å². The zero-order chi connectivity index (χ0) is 15.2. The van der Waals surface area contributed by atoms with Gasteiger partial charge in [0.05, 0.1) is 23.5 Å². The van der Waals surface area contributed by atoms with Gasteiger partial charge < -0.3 is 20.5 Å². The first-order chi connectivity index (χ1) is 10.0. The van der Waals surface area contributed by atoms with Crippen LogP contribution in [-0.4, -0.2) is 37.5 Å². The number of halogens is 1. The van der Waals surface area contributed by atoms with Crippen LogP contribution in [0.15, 0.2) is 12.3 Å². The SMILES string of the molecule is C#C[C@@]1(CO)C[C@H](n2ccc3c(N)nc(Cl)nc32)C[C@H]1O. The van der Waals surface area contributed by atoms with Gasteiger partial charge in [-0.05, 0) is 30.5 Å². The third kappa shape index (κ3) is 2.05. The maximum Gasteiger partial charge on any atom is 0.226 e. The summed E-state index contributed by atoms with van der Waals surface area (Å²) in [5, 5.41) is 20.5. The van der Waals surface area contributed by atoms with Gasteiger partial charge in [-0.3, -0.25) is 0 Å². The van der Waals surface area contributed by atoms with Crippen molar-refractivity contribution in [3.63, 3.8) is 0 Å². The van der Waals surface area contributed by atoms with E-state index in [9.17, 15) is 10.2 Å². The number of nitrogens with two attached hydrogens (primary N) is 1. The molecule has 2 aromatic rings. The number of aromatic nitrogens is 3. The number of hydrogen-bond acceptors (Lipinski definition) is 5. The normalized spacial score (nSPS) is 28.9. The lowest BCUT2D eigenvalue weighted by atomic mass is 9.86. The summed E-state index contributed by atoms with van der Waals surface area (Å²) in [6.45, 7) is -0.252. The van der Waals surface area contributed by atoms with Gasteiger partial charge in [-0.15, -0.1) is 6.42 Å². The average molecular weight is 307 g/mol. The van der Waals surface area contributed by atoms with Crippen LogP contribution in [0.4, 0.5) is 5.82 Å². The number of aliphatic hydroxyl groups excluding tert-OH is 2. The predicted molar refractivity (Wildman–Crippen MR) is 79.6 cm³/mol. The quantitative estimate of drug-likeness (QED) is 0.567. The van der Waals surface area contributed by atoms with Crippen LogP contribution in [0.5, 0.6) is 0 Å². The third-order valence-corrected chi connectivity index (χ3v) is 4.44. The Hall–Kier alpha value is -1.81. The topological polar surface area (TPSA) is 97.2 Å². The van der Waals surface area contributed by atoms with Crippen LogP contribution in [-0.2, 0) is 0 Å². The van der Waals surface area contributed by atoms with Crippen molar-refractivity contribution in [2.45, 2.75) is 25.0 Å². The molecule has 3 atom stereocenters. The Morgan fingerprint density at radius 2 is 2.33 bits per heavy atom. The molecule has 0 amide bonds. The number of terminal acetylenes is 1. The highest BCUT2D eigenvalue weighted by Gasteiger charge is 2.46. The highest BCUT2D eigenvalue weighted by atomic mass is 35.5. The number of nitrogen functional groups attached to an aromatic ring is 1. The minimum Gasteiger partial charge on any atom is -0.395 e. The maximum absolute atomic E-state index is 10.2. The standard InChI is InChI=1S/C14H15ClN4O2/c1-2-14(7-20)6-8(5-10(14)21)19-4-3-9-11(16)17-13(15)18-12(9)19/h1,3-4,8,10,20-21H,5-7H2,(H2,16,17,18)/t8-,10-,14+/m1/s1. The van der Waals surface area contributed by atoms with Crippen LogP contribution >= 0.6 is 11.6 Å². The molecular weight excluding hydrogens is 292 g/mol. The molecule has 0 unspecified atom stereocenters.